The molecule has 172 valence electrons. The summed E-state index contributed by atoms with van der Waals surface area (Å²) in [6.45, 7) is 2.83. The smallest absolute Gasteiger partial charge is 0.379 e. The Morgan fingerprint density at radius 2 is 1.52 bits per heavy atom. The molecule has 0 fully saturated rings. The van der Waals surface area contributed by atoms with Crippen LogP contribution in [0.25, 0.3) is 0 Å². The van der Waals surface area contributed by atoms with Gasteiger partial charge in [-0.25, -0.2) is 0 Å². The maximum absolute atomic E-state index is 14.1. The molecule has 10 heteroatoms. The maximum Gasteiger partial charge on any atom is 0.405 e. The van der Waals surface area contributed by atoms with E-state index in [1.807, 2.05) is 0 Å². The van der Waals surface area contributed by atoms with Gasteiger partial charge < -0.3 is 19.5 Å². The fraction of sp³-hybridized carbons (Fsp3) is 0.429. The molecule has 0 saturated heterocycles. The lowest BCUT2D eigenvalue weighted by Crippen LogP contribution is -2.53. The zero-order chi connectivity index (χ0) is 22.9. The van der Waals surface area contributed by atoms with Gasteiger partial charge in [0.15, 0.2) is 5.85 Å². The second kappa shape index (κ2) is 12.0. The molecule has 5 nitrogen and oxygen atoms in total. The first kappa shape index (κ1) is 25.9. The molecule has 2 N–H and O–H groups in total. The Hall–Kier alpha value is -1.35. The second-order valence-corrected chi connectivity index (χ2v) is 9.95. The highest BCUT2D eigenvalue weighted by Gasteiger charge is 2.52. The predicted molar refractivity (Wildman–Crippen MR) is 116 cm³/mol. The van der Waals surface area contributed by atoms with Gasteiger partial charge in [0.25, 0.3) is 0 Å². The fourth-order valence-electron chi connectivity index (χ4n) is 2.93. The number of benzene rings is 2. The summed E-state index contributed by atoms with van der Waals surface area (Å²) >= 11 is 0.781. The number of thioether (sulfide) groups is 1. The highest BCUT2D eigenvalue weighted by atomic mass is 32.2. The van der Waals surface area contributed by atoms with Crippen LogP contribution < -0.4 is 5.32 Å². The van der Waals surface area contributed by atoms with Crippen LogP contribution in [0.15, 0.2) is 65.6 Å². The summed E-state index contributed by atoms with van der Waals surface area (Å²) < 4.78 is 65.9. The topological polar surface area (TPSA) is 67.8 Å². The van der Waals surface area contributed by atoms with Crippen molar-refractivity contribution in [1.82, 2.24) is 5.32 Å². The molecule has 0 amide bonds. The van der Waals surface area contributed by atoms with E-state index in [0.717, 1.165) is 11.8 Å². The minimum atomic E-state index is -4.73. The maximum atomic E-state index is 14.1. The molecule has 0 aromatic heterocycles. The molecule has 2 rings (SSSR count). The summed E-state index contributed by atoms with van der Waals surface area (Å²) in [4.78, 5) is 0.488. The lowest BCUT2D eigenvalue weighted by Gasteiger charge is -2.35. The molecule has 0 radical (unpaired) electrons. The van der Waals surface area contributed by atoms with E-state index in [0.29, 0.717) is 10.5 Å². The Balaban J connectivity index is 2.41. The Morgan fingerprint density at radius 3 is 2.00 bits per heavy atom. The molecule has 0 aliphatic carbocycles. The summed E-state index contributed by atoms with van der Waals surface area (Å²) in [5.41, 5.74) is 0.646. The van der Waals surface area contributed by atoms with Crippen molar-refractivity contribution in [3.8, 4) is 0 Å². The van der Waals surface area contributed by atoms with Gasteiger partial charge in [-0.2, -0.15) is 13.2 Å². The van der Waals surface area contributed by atoms with Gasteiger partial charge in [0.2, 0.25) is 0 Å². The normalized spacial score (nSPS) is 15.4. The number of nitrogens with one attached hydrogen (secondary N) is 1. The molecular formula is C21H27F3NO4PS. The highest BCUT2D eigenvalue weighted by Crippen LogP contribution is 2.56. The molecule has 0 aliphatic rings. The van der Waals surface area contributed by atoms with Gasteiger partial charge >= 0.3 is 13.8 Å². The van der Waals surface area contributed by atoms with Crippen molar-refractivity contribution in [2.75, 3.05) is 13.2 Å². The first-order valence-electron chi connectivity index (χ1n) is 9.83. The summed E-state index contributed by atoms with van der Waals surface area (Å²) in [7, 11) is -4.23. The van der Waals surface area contributed by atoms with Gasteiger partial charge in [-0.05, 0) is 31.5 Å². The molecule has 0 bridgehead atoms. The standard InChI is InChI=1S/C21H27F3NO4PS/c1-3-28-30(27,29-4-2)20(26)18(31-17-13-9-6-10-14-17)19(21(22,23)24)25-15-16-11-7-5-8-12-16/h5-14,18-20,25-26H,3-4,15H2,1-2H3/t18-,19-,20-/m1/s1. The van der Waals surface area contributed by atoms with E-state index < -0.39 is 30.9 Å². The average molecular weight is 477 g/mol. The van der Waals surface area contributed by atoms with Crippen LogP contribution in [0.4, 0.5) is 13.2 Å². The SMILES string of the molecule is CCOP(=O)(OCC)[C@@H](O)[C@H](Sc1ccccc1)[C@@H](NCc1ccccc1)C(F)(F)F. The number of hydrogen-bond donors (Lipinski definition) is 2. The monoisotopic (exact) mass is 477 g/mol. The first-order valence-corrected chi connectivity index (χ1v) is 12.3. The highest BCUT2D eigenvalue weighted by molar-refractivity contribution is 8.00. The van der Waals surface area contributed by atoms with Crippen LogP contribution in [-0.4, -0.2) is 41.6 Å². The zero-order valence-corrected chi connectivity index (χ0v) is 19.0. The fourth-order valence-corrected chi connectivity index (χ4v) is 6.33. The van der Waals surface area contributed by atoms with Crippen molar-refractivity contribution >= 4 is 19.4 Å². The van der Waals surface area contributed by atoms with E-state index in [1.54, 1.807) is 60.7 Å². The van der Waals surface area contributed by atoms with Crippen molar-refractivity contribution in [3.63, 3.8) is 0 Å². The zero-order valence-electron chi connectivity index (χ0n) is 17.3. The van der Waals surface area contributed by atoms with Crippen LogP contribution in [0, 0.1) is 0 Å². The van der Waals surface area contributed by atoms with Crippen LogP contribution in [0.1, 0.15) is 19.4 Å². The Kier molecular flexibility index (Phi) is 10.1. The minimum absolute atomic E-state index is 0.0782. The Morgan fingerprint density at radius 1 is 1.00 bits per heavy atom. The summed E-state index contributed by atoms with van der Waals surface area (Å²) in [5, 5.41) is 11.8. The van der Waals surface area contributed by atoms with Crippen LogP contribution in [0.3, 0.4) is 0 Å². The van der Waals surface area contributed by atoms with Gasteiger partial charge in [-0.3, -0.25) is 4.57 Å². The minimum Gasteiger partial charge on any atom is -0.379 e. The largest absolute Gasteiger partial charge is 0.405 e. The molecule has 0 saturated carbocycles. The number of rotatable bonds is 12. The summed E-state index contributed by atoms with van der Waals surface area (Å²) in [6.07, 6.45) is -4.73. The van der Waals surface area contributed by atoms with Gasteiger partial charge in [0.1, 0.15) is 6.04 Å². The number of halogens is 3. The molecular weight excluding hydrogens is 450 g/mol. The second-order valence-electron chi connectivity index (χ2n) is 6.57. The predicted octanol–water partition coefficient (Wildman–Crippen LogP) is 5.45. The van der Waals surface area contributed by atoms with E-state index in [9.17, 15) is 22.8 Å². The van der Waals surface area contributed by atoms with Gasteiger partial charge in [0.05, 0.1) is 18.5 Å². The summed E-state index contributed by atoms with van der Waals surface area (Å²) in [6, 6.07) is 14.8. The molecule has 0 aliphatic heterocycles. The van der Waals surface area contributed by atoms with E-state index >= 15 is 0 Å². The Bertz CT molecular complexity index is 816. The van der Waals surface area contributed by atoms with Crippen molar-refractivity contribution < 1.29 is 31.9 Å². The quantitative estimate of drug-likeness (QED) is 0.313. The van der Waals surface area contributed by atoms with Gasteiger partial charge in [-0.1, -0.05) is 48.5 Å². The van der Waals surface area contributed by atoms with Crippen LogP contribution in [0.2, 0.25) is 0 Å². The summed E-state index contributed by atoms with van der Waals surface area (Å²) in [5.74, 6) is -2.01. The molecule has 0 heterocycles. The number of hydrogen-bond acceptors (Lipinski definition) is 6. The third-order valence-electron chi connectivity index (χ3n) is 4.30. The molecule has 31 heavy (non-hydrogen) atoms. The Labute approximate surface area is 184 Å². The van der Waals surface area contributed by atoms with Crippen LogP contribution >= 0.6 is 19.4 Å². The van der Waals surface area contributed by atoms with Crippen molar-refractivity contribution in [3.05, 3.63) is 66.2 Å². The average Bonchev–Trinajstić information content (AvgIpc) is 2.73. The van der Waals surface area contributed by atoms with Gasteiger partial charge in [-0.15, -0.1) is 11.8 Å². The van der Waals surface area contributed by atoms with E-state index in [-0.39, 0.29) is 19.8 Å². The van der Waals surface area contributed by atoms with Crippen molar-refractivity contribution in [2.45, 2.75) is 48.6 Å². The van der Waals surface area contributed by atoms with E-state index in [1.165, 1.54) is 13.8 Å². The van der Waals surface area contributed by atoms with Crippen molar-refractivity contribution in [1.29, 1.82) is 0 Å². The first-order chi connectivity index (χ1) is 14.7. The third kappa shape index (κ3) is 7.63. The van der Waals surface area contributed by atoms with Crippen molar-refractivity contribution in [2.24, 2.45) is 0 Å². The molecule has 2 aromatic carbocycles. The molecule has 2 aromatic rings. The molecule has 0 spiro atoms. The molecule has 0 unspecified atom stereocenters. The lowest BCUT2D eigenvalue weighted by molar-refractivity contribution is -0.159. The molecule has 3 atom stereocenters. The van der Waals surface area contributed by atoms with Crippen LogP contribution in [-0.2, 0) is 20.2 Å². The van der Waals surface area contributed by atoms with E-state index in [4.69, 9.17) is 9.05 Å². The number of aliphatic hydroxyl groups excluding tert-OH is 1. The van der Waals surface area contributed by atoms with Gasteiger partial charge in [0, 0.05) is 11.4 Å². The van der Waals surface area contributed by atoms with Crippen LogP contribution in [0.5, 0.6) is 0 Å². The number of alkyl halides is 3. The number of aliphatic hydroxyl groups is 1. The van der Waals surface area contributed by atoms with E-state index in [2.05, 4.69) is 5.32 Å². The lowest BCUT2D eigenvalue weighted by atomic mass is 10.1. The third-order valence-corrected chi connectivity index (χ3v) is 8.05.